The van der Waals surface area contributed by atoms with Gasteiger partial charge >= 0.3 is 0 Å². The molecular weight excluding hydrogens is 362 g/mol. The quantitative estimate of drug-likeness (QED) is 0.616. The number of nitrogen functional groups attached to an aromatic ring is 1. The van der Waals surface area contributed by atoms with Crippen molar-refractivity contribution in [3.8, 4) is 23.0 Å². The Hall–Kier alpha value is -3.88. The lowest BCUT2D eigenvalue weighted by Gasteiger charge is -2.11. The third kappa shape index (κ3) is 3.25. The molecule has 9 nitrogen and oxygen atoms in total. The Morgan fingerprint density at radius 1 is 0.786 bits per heavy atom. The summed E-state index contributed by atoms with van der Waals surface area (Å²) in [6.07, 6.45) is 0. The van der Waals surface area contributed by atoms with Gasteiger partial charge in [-0.1, -0.05) is 6.07 Å². The highest BCUT2D eigenvalue weighted by Gasteiger charge is 2.15. The van der Waals surface area contributed by atoms with Gasteiger partial charge in [0.05, 0.1) is 0 Å². The van der Waals surface area contributed by atoms with E-state index < -0.39 is 0 Å². The molecule has 0 saturated heterocycles. The number of nitrogens with zero attached hydrogens (tertiary/aromatic N) is 2. The average Bonchev–Trinajstić information content (AvgIpc) is 3.34. The molecule has 0 radical (unpaired) electrons. The van der Waals surface area contributed by atoms with E-state index >= 15 is 0 Å². The number of hydrogen-bond acceptors (Lipinski definition) is 9. The Labute approximate surface area is 160 Å². The first-order chi connectivity index (χ1) is 13.7. The molecule has 142 valence electrons. The van der Waals surface area contributed by atoms with Crippen molar-refractivity contribution in [3.05, 3.63) is 48.0 Å². The van der Waals surface area contributed by atoms with Gasteiger partial charge in [-0.05, 0) is 29.8 Å². The van der Waals surface area contributed by atoms with Crippen LogP contribution in [0.4, 0.5) is 23.3 Å². The molecule has 3 aromatic rings. The van der Waals surface area contributed by atoms with Crippen LogP contribution in [0.25, 0.3) is 0 Å². The van der Waals surface area contributed by atoms with Crippen LogP contribution in [-0.2, 0) is 6.54 Å². The van der Waals surface area contributed by atoms with Gasteiger partial charge in [0.15, 0.2) is 23.0 Å². The third-order valence-electron chi connectivity index (χ3n) is 4.30. The van der Waals surface area contributed by atoms with Gasteiger partial charge in [0, 0.05) is 24.4 Å². The van der Waals surface area contributed by atoms with E-state index in [1.54, 1.807) is 6.07 Å². The number of nitrogens with two attached hydrogens (primary N) is 1. The number of rotatable bonds is 5. The van der Waals surface area contributed by atoms with E-state index in [1.807, 2.05) is 36.4 Å². The Morgan fingerprint density at radius 2 is 1.46 bits per heavy atom. The van der Waals surface area contributed by atoms with Crippen LogP contribution in [0.2, 0.25) is 0 Å². The molecule has 28 heavy (non-hydrogen) atoms. The Morgan fingerprint density at radius 3 is 2.29 bits per heavy atom. The molecule has 1 aromatic heterocycles. The largest absolute Gasteiger partial charge is 0.454 e. The molecule has 0 unspecified atom stereocenters. The summed E-state index contributed by atoms with van der Waals surface area (Å²) in [5.41, 5.74) is 7.71. The predicted octanol–water partition coefficient (Wildman–Crippen LogP) is 2.87. The molecule has 0 spiro atoms. The molecule has 0 aliphatic carbocycles. The molecule has 0 saturated carbocycles. The minimum Gasteiger partial charge on any atom is -0.454 e. The zero-order chi connectivity index (χ0) is 18.9. The van der Waals surface area contributed by atoms with E-state index in [2.05, 4.69) is 20.6 Å². The van der Waals surface area contributed by atoms with Crippen LogP contribution < -0.4 is 35.3 Å². The van der Waals surface area contributed by atoms with E-state index in [-0.39, 0.29) is 19.5 Å². The van der Waals surface area contributed by atoms with Crippen molar-refractivity contribution in [2.45, 2.75) is 6.54 Å². The van der Waals surface area contributed by atoms with Crippen LogP contribution >= 0.6 is 0 Å². The normalized spacial score (nSPS) is 13.4. The first kappa shape index (κ1) is 16.3. The van der Waals surface area contributed by atoms with Crippen LogP contribution in [0.5, 0.6) is 23.0 Å². The summed E-state index contributed by atoms with van der Waals surface area (Å²) in [6, 6.07) is 13.1. The number of anilines is 4. The summed E-state index contributed by atoms with van der Waals surface area (Å²) >= 11 is 0. The number of benzene rings is 2. The summed E-state index contributed by atoms with van der Waals surface area (Å²) < 4.78 is 21.4. The van der Waals surface area contributed by atoms with E-state index in [0.29, 0.717) is 23.9 Å². The SMILES string of the molecule is Nc1nc(NCc2ccc3c(c2)OCO3)cc(Nc2ccc3c(c2)OCO3)n1. The number of aromatic nitrogens is 2. The molecule has 3 heterocycles. The van der Waals surface area contributed by atoms with Crippen LogP contribution in [0, 0.1) is 0 Å². The number of hydrogen-bond donors (Lipinski definition) is 3. The third-order valence-corrected chi connectivity index (χ3v) is 4.30. The molecule has 0 atom stereocenters. The maximum Gasteiger partial charge on any atom is 0.231 e. The Bertz CT molecular complexity index is 1040. The zero-order valence-corrected chi connectivity index (χ0v) is 14.8. The summed E-state index contributed by atoms with van der Waals surface area (Å²) in [4.78, 5) is 8.47. The standard InChI is InChI=1S/C19H17N5O4/c20-19-23-17(21-8-11-1-3-13-15(5-11)27-9-25-13)7-18(24-19)22-12-2-4-14-16(6-12)28-10-26-14/h1-7H,8-10H2,(H4,20,21,22,23,24). The van der Waals surface area contributed by atoms with Crippen molar-refractivity contribution in [2.24, 2.45) is 0 Å². The summed E-state index contributed by atoms with van der Waals surface area (Å²) in [6.45, 7) is 1.03. The van der Waals surface area contributed by atoms with Gasteiger partial charge in [-0.3, -0.25) is 0 Å². The second-order valence-corrected chi connectivity index (χ2v) is 6.23. The van der Waals surface area contributed by atoms with E-state index in [0.717, 1.165) is 28.5 Å². The van der Waals surface area contributed by atoms with Crippen molar-refractivity contribution in [1.29, 1.82) is 0 Å². The smallest absolute Gasteiger partial charge is 0.231 e. The van der Waals surface area contributed by atoms with Crippen LogP contribution in [-0.4, -0.2) is 23.6 Å². The minimum atomic E-state index is 0.166. The van der Waals surface area contributed by atoms with Gasteiger partial charge < -0.3 is 35.3 Å². The average molecular weight is 379 g/mol. The molecule has 2 aliphatic heterocycles. The highest BCUT2D eigenvalue weighted by atomic mass is 16.7. The fourth-order valence-electron chi connectivity index (χ4n) is 2.99. The molecule has 0 amide bonds. The van der Waals surface area contributed by atoms with Gasteiger partial charge in [-0.15, -0.1) is 0 Å². The molecule has 9 heteroatoms. The summed E-state index contributed by atoms with van der Waals surface area (Å²) in [7, 11) is 0. The van der Waals surface area contributed by atoms with Crippen LogP contribution in [0.1, 0.15) is 5.56 Å². The Kier molecular flexibility index (Phi) is 3.90. The number of nitrogens with one attached hydrogen (secondary N) is 2. The van der Waals surface area contributed by atoms with Gasteiger partial charge in [-0.2, -0.15) is 9.97 Å². The van der Waals surface area contributed by atoms with Gasteiger partial charge in [0.25, 0.3) is 0 Å². The predicted molar refractivity (Wildman–Crippen MR) is 102 cm³/mol. The van der Waals surface area contributed by atoms with Crippen LogP contribution in [0.3, 0.4) is 0 Å². The summed E-state index contributed by atoms with van der Waals surface area (Å²) in [5, 5.41) is 6.45. The van der Waals surface area contributed by atoms with Gasteiger partial charge in [0.2, 0.25) is 19.5 Å². The molecule has 2 aromatic carbocycles. The van der Waals surface area contributed by atoms with Crippen molar-refractivity contribution in [2.75, 3.05) is 30.0 Å². The van der Waals surface area contributed by atoms with E-state index in [9.17, 15) is 0 Å². The maximum absolute atomic E-state index is 5.86. The fourth-order valence-corrected chi connectivity index (χ4v) is 2.99. The Balaban J connectivity index is 1.30. The minimum absolute atomic E-state index is 0.166. The number of fused-ring (bicyclic) bond motifs is 2. The van der Waals surface area contributed by atoms with Crippen LogP contribution in [0.15, 0.2) is 42.5 Å². The highest BCUT2D eigenvalue weighted by Crippen LogP contribution is 2.35. The van der Waals surface area contributed by atoms with Gasteiger partial charge in [-0.25, -0.2) is 0 Å². The molecule has 0 fully saturated rings. The lowest BCUT2D eigenvalue weighted by molar-refractivity contribution is 0.173. The summed E-state index contributed by atoms with van der Waals surface area (Å²) in [5.74, 6) is 4.25. The van der Waals surface area contributed by atoms with Gasteiger partial charge in [0.1, 0.15) is 11.6 Å². The second-order valence-electron chi connectivity index (χ2n) is 6.23. The monoisotopic (exact) mass is 379 g/mol. The first-order valence-electron chi connectivity index (χ1n) is 8.66. The lowest BCUT2D eigenvalue weighted by atomic mass is 10.2. The highest BCUT2D eigenvalue weighted by molar-refractivity contribution is 5.64. The van der Waals surface area contributed by atoms with Crippen molar-refractivity contribution < 1.29 is 18.9 Å². The van der Waals surface area contributed by atoms with Crippen molar-refractivity contribution >= 4 is 23.3 Å². The van der Waals surface area contributed by atoms with E-state index in [1.165, 1.54) is 0 Å². The number of ether oxygens (including phenoxy) is 4. The topological polar surface area (TPSA) is 113 Å². The zero-order valence-electron chi connectivity index (χ0n) is 14.8. The maximum atomic E-state index is 5.86. The van der Waals surface area contributed by atoms with Crippen molar-refractivity contribution in [1.82, 2.24) is 9.97 Å². The molecule has 2 aliphatic rings. The molecule has 0 bridgehead atoms. The fraction of sp³-hybridized carbons (Fsp3) is 0.158. The van der Waals surface area contributed by atoms with Crippen molar-refractivity contribution in [3.63, 3.8) is 0 Å². The first-order valence-corrected chi connectivity index (χ1v) is 8.66. The lowest BCUT2D eigenvalue weighted by Crippen LogP contribution is -2.06. The second kappa shape index (κ2) is 6.69. The molecule has 4 N–H and O–H groups in total. The molecule has 5 rings (SSSR count). The molecular formula is C19H17N5O4. The van der Waals surface area contributed by atoms with E-state index in [4.69, 9.17) is 24.7 Å².